The highest BCUT2D eigenvalue weighted by Gasteiger charge is 1.98. The van der Waals surface area contributed by atoms with Crippen LogP contribution in [-0.4, -0.2) is 12.6 Å². The van der Waals surface area contributed by atoms with Crippen LogP contribution in [0.1, 0.15) is 25.0 Å². The second-order valence-electron chi connectivity index (χ2n) is 5.31. The van der Waals surface area contributed by atoms with Crippen LogP contribution in [0.3, 0.4) is 0 Å². The Bertz CT molecular complexity index is 561. The molecule has 2 heteroatoms. The minimum Gasteiger partial charge on any atom is -0.490 e. The molecule has 0 saturated heterocycles. The molecule has 2 aromatic carbocycles. The summed E-state index contributed by atoms with van der Waals surface area (Å²) in [5.74, 6) is 0.913. The van der Waals surface area contributed by atoms with Crippen molar-refractivity contribution in [2.24, 2.45) is 0 Å². The van der Waals surface area contributed by atoms with Crippen molar-refractivity contribution >= 4 is 6.08 Å². The molecule has 1 N–H and O–H groups in total. The fraction of sp³-hybridized carbons (Fsp3) is 0.263. The van der Waals surface area contributed by atoms with Crippen LogP contribution in [0.15, 0.2) is 60.7 Å². The highest BCUT2D eigenvalue weighted by molar-refractivity contribution is 5.48. The second-order valence-corrected chi connectivity index (χ2v) is 5.31. The van der Waals surface area contributed by atoms with E-state index < -0.39 is 0 Å². The minimum atomic E-state index is 0.489. The molecule has 2 aromatic rings. The fourth-order valence-electron chi connectivity index (χ4n) is 1.96. The quantitative estimate of drug-likeness (QED) is 0.818. The van der Waals surface area contributed by atoms with Crippen molar-refractivity contribution < 1.29 is 4.74 Å². The monoisotopic (exact) mass is 281 g/mol. The summed E-state index contributed by atoms with van der Waals surface area (Å²) >= 11 is 0. The highest BCUT2D eigenvalue weighted by Crippen LogP contribution is 2.13. The lowest BCUT2D eigenvalue weighted by atomic mass is 10.2. The van der Waals surface area contributed by atoms with Crippen LogP contribution in [0, 0.1) is 0 Å². The predicted octanol–water partition coefficient (Wildman–Crippen LogP) is 4.28. The number of hydrogen-bond acceptors (Lipinski definition) is 2. The lowest BCUT2D eigenvalue weighted by molar-refractivity contribution is 0.363. The summed E-state index contributed by atoms with van der Waals surface area (Å²) in [7, 11) is 0. The maximum Gasteiger partial charge on any atom is 0.120 e. The zero-order chi connectivity index (χ0) is 14.9. The van der Waals surface area contributed by atoms with E-state index in [1.807, 2.05) is 36.4 Å². The second kappa shape index (κ2) is 8.28. The molecule has 0 aromatic heterocycles. The average Bonchev–Trinajstić information content (AvgIpc) is 2.51. The molecule has 110 valence electrons. The van der Waals surface area contributed by atoms with Gasteiger partial charge in [0.2, 0.25) is 0 Å². The van der Waals surface area contributed by atoms with Crippen molar-refractivity contribution in [1.29, 1.82) is 0 Å². The SMILES string of the molecule is CC(C)NCc1cccc(OC/C=C/c2ccccc2)c1. The van der Waals surface area contributed by atoms with E-state index >= 15 is 0 Å². The van der Waals surface area contributed by atoms with Gasteiger partial charge in [-0.1, -0.05) is 62.4 Å². The molecular weight excluding hydrogens is 258 g/mol. The minimum absolute atomic E-state index is 0.489. The first-order valence-electron chi connectivity index (χ1n) is 7.41. The van der Waals surface area contributed by atoms with Crippen molar-refractivity contribution in [2.45, 2.75) is 26.4 Å². The number of benzene rings is 2. The zero-order valence-electron chi connectivity index (χ0n) is 12.8. The van der Waals surface area contributed by atoms with Gasteiger partial charge in [0.15, 0.2) is 0 Å². The van der Waals surface area contributed by atoms with Crippen molar-refractivity contribution in [3.05, 3.63) is 71.8 Å². The summed E-state index contributed by atoms with van der Waals surface area (Å²) in [6.07, 6.45) is 4.11. The highest BCUT2D eigenvalue weighted by atomic mass is 16.5. The van der Waals surface area contributed by atoms with Gasteiger partial charge in [-0.05, 0) is 29.3 Å². The van der Waals surface area contributed by atoms with E-state index in [2.05, 4.69) is 49.5 Å². The van der Waals surface area contributed by atoms with E-state index in [1.165, 1.54) is 11.1 Å². The van der Waals surface area contributed by atoms with Gasteiger partial charge in [0.1, 0.15) is 12.4 Å². The number of hydrogen-bond donors (Lipinski definition) is 1. The summed E-state index contributed by atoms with van der Waals surface area (Å²) in [5.41, 5.74) is 2.43. The Morgan fingerprint density at radius 1 is 1.05 bits per heavy atom. The maximum absolute atomic E-state index is 5.76. The number of ether oxygens (including phenoxy) is 1. The molecule has 0 aliphatic rings. The summed E-state index contributed by atoms with van der Waals surface area (Å²) in [4.78, 5) is 0. The van der Waals surface area contributed by atoms with Gasteiger partial charge < -0.3 is 10.1 Å². The molecular formula is C19H23NO. The van der Waals surface area contributed by atoms with Crippen LogP contribution < -0.4 is 10.1 Å². The van der Waals surface area contributed by atoms with E-state index in [1.54, 1.807) is 0 Å². The summed E-state index contributed by atoms with van der Waals surface area (Å²) in [6, 6.07) is 19.0. The van der Waals surface area contributed by atoms with Gasteiger partial charge >= 0.3 is 0 Å². The molecule has 0 aliphatic heterocycles. The van der Waals surface area contributed by atoms with E-state index in [4.69, 9.17) is 4.74 Å². The Morgan fingerprint density at radius 3 is 2.62 bits per heavy atom. The van der Waals surface area contributed by atoms with Gasteiger partial charge in [-0.2, -0.15) is 0 Å². The molecule has 0 aliphatic carbocycles. The van der Waals surface area contributed by atoms with Gasteiger partial charge in [-0.25, -0.2) is 0 Å². The van der Waals surface area contributed by atoms with Crippen LogP contribution >= 0.6 is 0 Å². The summed E-state index contributed by atoms with van der Waals surface area (Å²) in [5, 5.41) is 3.41. The fourth-order valence-corrected chi connectivity index (χ4v) is 1.96. The van der Waals surface area contributed by atoms with Gasteiger partial charge in [0.25, 0.3) is 0 Å². The van der Waals surface area contributed by atoms with Crippen LogP contribution in [0.5, 0.6) is 5.75 Å². The standard InChI is InChI=1S/C19H23NO/c1-16(2)20-15-18-10-6-12-19(14-18)21-13-7-11-17-8-4-3-5-9-17/h3-12,14,16,20H,13,15H2,1-2H3/b11-7+. The van der Waals surface area contributed by atoms with E-state index in [0.717, 1.165) is 12.3 Å². The number of nitrogens with one attached hydrogen (secondary N) is 1. The Balaban J connectivity index is 1.83. The molecule has 0 fully saturated rings. The Morgan fingerprint density at radius 2 is 1.86 bits per heavy atom. The molecule has 0 radical (unpaired) electrons. The molecule has 21 heavy (non-hydrogen) atoms. The van der Waals surface area contributed by atoms with Crippen LogP contribution in [0.4, 0.5) is 0 Å². The lowest BCUT2D eigenvalue weighted by Crippen LogP contribution is -2.21. The smallest absolute Gasteiger partial charge is 0.120 e. The third kappa shape index (κ3) is 5.84. The zero-order valence-corrected chi connectivity index (χ0v) is 12.8. The first-order valence-corrected chi connectivity index (χ1v) is 7.41. The topological polar surface area (TPSA) is 21.3 Å². The largest absolute Gasteiger partial charge is 0.490 e. The molecule has 0 saturated carbocycles. The molecule has 2 nitrogen and oxygen atoms in total. The van der Waals surface area contributed by atoms with Gasteiger partial charge in [0, 0.05) is 12.6 Å². The van der Waals surface area contributed by atoms with E-state index in [-0.39, 0.29) is 0 Å². The van der Waals surface area contributed by atoms with E-state index in [9.17, 15) is 0 Å². The van der Waals surface area contributed by atoms with Crippen molar-refractivity contribution in [3.8, 4) is 5.75 Å². The van der Waals surface area contributed by atoms with E-state index in [0.29, 0.717) is 12.6 Å². The maximum atomic E-state index is 5.76. The predicted molar refractivity (Wildman–Crippen MR) is 89.4 cm³/mol. The third-order valence-electron chi connectivity index (χ3n) is 3.07. The molecule has 0 atom stereocenters. The Labute approximate surface area is 127 Å². The van der Waals surface area contributed by atoms with Gasteiger partial charge in [-0.15, -0.1) is 0 Å². The van der Waals surface area contributed by atoms with Crippen LogP contribution in [-0.2, 0) is 6.54 Å². The van der Waals surface area contributed by atoms with Crippen molar-refractivity contribution in [2.75, 3.05) is 6.61 Å². The molecule has 2 rings (SSSR count). The molecule has 0 unspecified atom stereocenters. The molecule has 0 bridgehead atoms. The molecule has 0 heterocycles. The van der Waals surface area contributed by atoms with Gasteiger partial charge in [0.05, 0.1) is 0 Å². The van der Waals surface area contributed by atoms with Crippen molar-refractivity contribution in [3.63, 3.8) is 0 Å². The third-order valence-corrected chi connectivity index (χ3v) is 3.07. The van der Waals surface area contributed by atoms with Crippen molar-refractivity contribution in [1.82, 2.24) is 5.32 Å². The average molecular weight is 281 g/mol. The molecule has 0 spiro atoms. The Hall–Kier alpha value is -2.06. The first-order chi connectivity index (χ1) is 10.2. The number of rotatable bonds is 7. The molecule has 0 amide bonds. The Kier molecular flexibility index (Phi) is 6.04. The lowest BCUT2D eigenvalue weighted by Gasteiger charge is -2.09. The van der Waals surface area contributed by atoms with Crippen LogP contribution in [0.25, 0.3) is 6.08 Å². The van der Waals surface area contributed by atoms with Gasteiger partial charge in [-0.3, -0.25) is 0 Å². The summed E-state index contributed by atoms with van der Waals surface area (Å²) < 4.78 is 5.76. The summed E-state index contributed by atoms with van der Waals surface area (Å²) in [6.45, 7) is 5.74. The van der Waals surface area contributed by atoms with Crippen LogP contribution in [0.2, 0.25) is 0 Å². The normalized spacial score (nSPS) is 11.2. The first kappa shape index (κ1) is 15.3.